The normalized spacial score (nSPS) is 13.6. The van der Waals surface area contributed by atoms with Crippen LogP contribution in [0.3, 0.4) is 0 Å². The molecule has 1 unspecified atom stereocenters. The fraction of sp³-hybridized carbons (Fsp3) is 0.333. The van der Waals surface area contributed by atoms with Crippen LogP contribution in [0.1, 0.15) is 41.2 Å². The zero-order valence-electron chi connectivity index (χ0n) is 16.1. The largest absolute Gasteiger partial charge is 0.416 e. The maximum atomic E-state index is 13.0. The first-order valence-electron chi connectivity index (χ1n) is 8.59. The predicted octanol–water partition coefficient (Wildman–Crippen LogP) is 3.84. The molecule has 0 spiro atoms. The van der Waals surface area contributed by atoms with Crippen LogP contribution in [-0.4, -0.2) is 23.4 Å². The number of halogens is 3. The van der Waals surface area contributed by atoms with Gasteiger partial charge in [0, 0.05) is 17.3 Å². The minimum atomic E-state index is -4.48. The van der Waals surface area contributed by atoms with Gasteiger partial charge in [0.15, 0.2) is 5.76 Å². The van der Waals surface area contributed by atoms with Crippen molar-refractivity contribution < 1.29 is 26.1 Å². The number of alkyl halides is 3. The van der Waals surface area contributed by atoms with Crippen LogP contribution in [0, 0.1) is 20.8 Å². The smallest absolute Gasteiger partial charge is 0.360 e. The Labute approximate surface area is 165 Å². The standard InChI is InChI=1S/C18H19F3N4O3S/c1-10(24-29(26,27)17-11(2)23-28-13(17)4)16-9-22-25(12(16)3)15-7-5-6-14(8-15)18(19,20)21/h5-10,24H,1-4H3. The van der Waals surface area contributed by atoms with Gasteiger partial charge in [-0.15, -0.1) is 0 Å². The molecule has 0 bridgehead atoms. The van der Waals surface area contributed by atoms with Gasteiger partial charge < -0.3 is 4.52 Å². The molecule has 0 saturated heterocycles. The summed E-state index contributed by atoms with van der Waals surface area (Å²) in [6.07, 6.45) is -3.05. The summed E-state index contributed by atoms with van der Waals surface area (Å²) in [5.41, 5.74) is 0.706. The van der Waals surface area contributed by atoms with Crippen molar-refractivity contribution >= 4 is 10.0 Å². The molecular formula is C18H19F3N4O3S. The Kier molecular flexibility index (Phi) is 5.30. The van der Waals surface area contributed by atoms with Crippen LogP contribution in [0.15, 0.2) is 39.9 Å². The highest BCUT2D eigenvalue weighted by Crippen LogP contribution is 2.31. The molecular weight excluding hydrogens is 409 g/mol. The van der Waals surface area contributed by atoms with Gasteiger partial charge in [0.2, 0.25) is 10.0 Å². The van der Waals surface area contributed by atoms with E-state index in [1.54, 1.807) is 13.8 Å². The fourth-order valence-corrected chi connectivity index (χ4v) is 4.69. The van der Waals surface area contributed by atoms with Gasteiger partial charge in [-0.3, -0.25) is 0 Å². The lowest BCUT2D eigenvalue weighted by Gasteiger charge is -2.15. The summed E-state index contributed by atoms with van der Waals surface area (Å²) in [6, 6.07) is 4.07. The highest BCUT2D eigenvalue weighted by molar-refractivity contribution is 7.89. The third kappa shape index (κ3) is 4.06. The van der Waals surface area contributed by atoms with Gasteiger partial charge in [-0.1, -0.05) is 11.2 Å². The van der Waals surface area contributed by atoms with Crippen molar-refractivity contribution in [3.63, 3.8) is 0 Å². The van der Waals surface area contributed by atoms with E-state index in [0.717, 1.165) is 12.1 Å². The second-order valence-electron chi connectivity index (χ2n) is 6.64. The molecule has 1 aromatic carbocycles. The average Bonchev–Trinajstić information content (AvgIpc) is 3.16. The number of nitrogens with one attached hydrogen (secondary N) is 1. The van der Waals surface area contributed by atoms with E-state index in [1.165, 1.54) is 36.9 Å². The van der Waals surface area contributed by atoms with E-state index in [-0.39, 0.29) is 22.0 Å². The van der Waals surface area contributed by atoms with Gasteiger partial charge in [-0.2, -0.15) is 18.3 Å². The van der Waals surface area contributed by atoms with E-state index in [0.29, 0.717) is 11.3 Å². The quantitative estimate of drug-likeness (QED) is 0.667. The van der Waals surface area contributed by atoms with Crippen LogP contribution in [0.25, 0.3) is 5.69 Å². The maximum Gasteiger partial charge on any atom is 0.416 e. The molecule has 0 radical (unpaired) electrons. The van der Waals surface area contributed by atoms with Gasteiger partial charge in [0.25, 0.3) is 0 Å². The molecule has 0 aliphatic carbocycles. The summed E-state index contributed by atoms with van der Waals surface area (Å²) >= 11 is 0. The summed E-state index contributed by atoms with van der Waals surface area (Å²) in [5.74, 6) is 0.165. The van der Waals surface area contributed by atoms with Crippen LogP contribution in [0.5, 0.6) is 0 Å². The highest BCUT2D eigenvalue weighted by atomic mass is 32.2. The third-order valence-corrected chi connectivity index (χ3v) is 6.29. The van der Waals surface area contributed by atoms with Gasteiger partial charge in [-0.05, 0) is 45.9 Å². The first-order chi connectivity index (χ1) is 13.4. The zero-order chi connectivity index (χ0) is 21.6. The predicted molar refractivity (Wildman–Crippen MR) is 98.0 cm³/mol. The van der Waals surface area contributed by atoms with Crippen molar-refractivity contribution in [2.24, 2.45) is 0 Å². The molecule has 3 aromatic rings. The molecule has 2 aromatic heterocycles. The lowest BCUT2D eigenvalue weighted by molar-refractivity contribution is -0.137. The van der Waals surface area contributed by atoms with Crippen LogP contribution in [0.4, 0.5) is 13.2 Å². The molecule has 11 heteroatoms. The summed E-state index contributed by atoms with van der Waals surface area (Å²) in [5, 5.41) is 7.79. The second kappa shape index (κ2) is 7.30. The van der Waals surface area contributed by atoms with Gasteiger partial charge in [0.1, 0.15) is 10.6 Å². The van der Waals surface area contributed by atoms with Crippen LogP contribution in [-0.2, 0) is 16.2 Å². The van der Waals surface area contributed by atoms with E-state index >= 15 is 0 Å². The van der Waals surface area contributed by atoms with Crippen LogP contribution in [0.2, 0.25) is 0 Å². The first kappa shape index (κ1) is 21.1. The molecule has 1 N–H and O–H groups in total. The molecule has 7 nitrogen and oxygen atoms in total. The highest BCUT2D eigenvalue weighted by Gasteiger charge is 2.31. The SMILES string of the molecule is Cc1noc(C)c1S(=O)(=O)NC(C)c1cnn(-c2cccc(C(F)(F)F)c2)c1C. The molecule has 0 aliphatic heterocycles. The van der Waals surface area contributed by atoms with E-state index in [4.69, 9.17) is 4.52 Å². The first-order valence-corrected chi connectivity index (χ1v) is 10.1. The number of hydrogen-bond acceptors (Lipinski definition) is 5. The second-order valence-corrected chi connectivity index (χ2v) is 8.29. The summed E-state index contributed by atoms with van der Waals surface area (Å²) in [6.45, 7) is 6.29. The average molecular weight is 428 g/mol. The van der Waals surface area contributed by atoms with Crippen molar-refractivity contribution in [2.45, 2.75) is 44.8 Å². The monoisotopic (exact) mass is 428 g/mol. The Bertz CT molecular complexity index is 1130. The molecule has 1 atom stereocenters. The fourth-order valence-electron chi connectivity index (χ4n) is 3.14. The summed E-state index contributed by atoms with van der Waals surface area (Å²) in [7, 11) is -3.92. The molecule has 3 rings (SSSR count). The van der Waals surface area contributed by atoms with Crippen LogP contribution < -0.4 is 4.72 Å². The molecule has 0 aliphatic rings. The molecule has 0 saturated carbocycles. The van der Waals surface area contributed by atoms with E-state index in [9.17, 15) is 21.6 Å². The number of aryl methyl sites for hydroxylation is 2. The van der Waals surface area contributed by atoms with Crippen molar-refractivity contribution in [2.75, 3.05) is 0 Å². The Morgan fingerprint density at radius 1 is 1.21 bits per heavy atom. The molecule has 0 fully saturated rings. The van der Waals surface area contributed by atoms with Crippen molar-refractivity contribution in [1.29, 1.82) is 0 Å². The number of rotatable bonds is 5. The minimum absolute atomic E-state index is 0.0349. The van der Waals surface area contributed by atoms with Crippen LogP contribution >= 0.6 is 0 Å². The number of hydrogen-bond donors (Lipinski definition) is 1. The Balaban J connectivity index is 1.92. The van der Waals surface area contributed by atoms with Crippen molar-refractivity contribution in [1.82, 2.24) is 19.7 Å². The minimum Gasteiger partial charge on any atom is -0.360 e. The Morgan fingerprint density at radius 3 is 2.48 bits per heavy atom. The molecule has 2 heterocycles. The summed E-state index contributed by atoms with van der Waals surface area (Å²) < 4.78 is 73.1. The lowest BCUT2D eigenvalue weighted by atomic mass is 10.1. The van der Waals surface area contributed by atoms with Crippen molar-refractivity contribution in [3.05, 3.63) is 58.7 Å². The molecule has 156 valence electrons. The van der Waals surface area contributed by atoms with E-state index in [2.05, 4.69) is 15.0 Å². The summed E-state index contributed by atoms with van der Waals surface area (Å²) in [4.78, 5) is -0.0349. The number of sulfonamides is 1. The number of aromatic nitrogens is 3. The maximum absolute atomic E-state index is 13.0. The van der Waals surface area contributed by atoms with Gasteiger partial charge >= 0.3 is 6.18 Å². The van der Waals surface area contributed by atoms with E-state index in [1.807, 2.05) is 0 Å². The zero-order valence-corrected chi connectivity index (χ0v) is 16.9. The van der Waals surface area contributed by atoms with E-state index < -0.39 is 27.8 Å². The van der Waals surface area contributed by atoms with Gasteiger partial charge in [-0.25, -0.2) is 17.8 Å². The molecule has 0 amide bonds. The van der Waals surface area contributed by atoms with Crippen molar-refractivity contribution in [3.8, 4) is 5.69 Å². The number of nitrogens with zero attached hydrogens (tertiary/aromatic N) is 3. The Hall–Kier alpha value is -2.66. The lowest BCUT2D eigenvalue weighted by Crippen LogP contribution is -2.28. The molecule has 29 heavy (non-hydrogen) atoms. The third-order valence-electron chi connectivity index (χ3n) is 4.50. The number of benzene rings is 1. The topological polar surface area (TPSA) is 90.0 Å². The van der Waals surface area contributed by atoms with Gasteiger partial charge in [0.05, 0.1) is 17.4 Å². The Morgan fingerprint density at radius 2 is 1.90 bits per heavy atom.